The second kappa shape index (κ2) is 10.8. The number of anilines is 1. The van der Waals surface area contributed by atoms with Crippen LogP contribution < -0.4 is 15.5 Å². The Labute approximate surface area is 188 Å². The van der Waals surface area contributed by atoms with Crippen LogP contribution in [-0.4, -0.2) is 50.2 Å². The van der Waals surface area contributed by atoms with Crippen LogP contribution in [0.25, 0.3) is 0 Å². The molecule has 0 atom stereocenters. The zero-order chi connectivity index (χ0) is 22.2. The van der Waals surface area contributed by atoms with E-state index < -0.39 is 0 Å². The largest absolute Gasteiger partial charge is 0.369 e. The van der Waals surface area contributed by atoms with Gasteiger partial charge in [0.15, 0.2) is 0 Å². The molecule has 1 heterocycles. The Morgan fingerprint density at radius 3 is 1.94 bits per heavy atom. The molecule has 0 saturated carbocycles. The minimum Gasteiger partial charge on any atom is -0.369 e. The highest BCUT2D eigenvalue weighted by atomic mass is 19.1. The van der Waals surface area contributed by atoms with Crippen molar-refractivity contribution in [2.45, 2.75) is 6.04 Å². The van der Waals surface area contributed by atoms with E-state index in [0.29, 0.717) is 6.54 Å². The molecular weight excluding hydrogens is 403 g/mol. The van der Waals surface area contributed by atoms with E-state index in [2.05, 4.69) is 20.4 Å². The van der Waals surface area contributed by atoms with Crippen molar-refractivity contribution in [3.8, 4) is 0 Å². The molecule has 5 nitrogen and oxygen atoms in total. The first kappa shape index (κ1) is 21.8. The normalized spacial score (nSPS) is 14.4. The van der Waals surface area contributed by atoms with Gasteiger partial charge in [0.05, 0.1) is 6.04 Å². The number of benzene rings is 3. The number of carbonyl (C=O) groups excluding carboxylic acids is 1. The SMILES string of the molecule is O=C(NCCN1CCN(c2ccc(F)cc2)CC1)NC(c1ccccc1)c1ccccc1. The van der Waals surface area contributed by atoms with E-state index in [9.17, 15) is 9.18 Å². The van der Waals surface area contributed by atoms with Crippen molar-refractivity contribution in [3.63, 3.8) is 0 Å². The summed E-state index contributed by atoms with van der Waals surface area (Å²) in [7, 11) is 0. The van der Waals surface area contributed by atoms with Gasteiger partial charge in [0.25, 0.3) is 0 Å². The molecule has 0 aliphatic carbocycles. The zero-order valence-corrected chi connectivity index (χ0v) is 18.1. The molecule has 0 spiro atoms. The van der Waals surface area contributed by atoms with Crippen LogP contribution in [0.4, 0.5) is 14.9 Å². The minimum absolute atomic E-state index is 0.173. The van der Waals surface area contributed by atoms with Crippen LogP contribution in [0.1, 0.15) is 17.2 Å². The molecule has 4 rings (SSSR count). The molecule has 6 heteroatoms. The Morgan fingerprint density at radius 1 is 0.812 bits per heavy atom. The smallest absolute Gasteiger partial charge is 0.315 e. The van der Waals surface area contributed by atoms with Gasteiger partial charge in [0.1, 0.15) is 5.82 Å². The molecule has 1 fully saturated rings. The Morgan fingerprint density at radius 2 is 1.38 bits per heavy atom. The first-order valence-corrected chi connectivity index (χ1v) is 11.1. The minimum atomic E-state index is -0.210. The molecule has 2 amide bonds. The van der Waals surface area contributed by atoms with E-state index in [1.165, 1.54) is 12.1 Å². The molecule has 32 heavy (non-hydrogen) atoms. The standard InChI is InChI=1S/C26H29FN4O/c27-23-11-13-24(14-12-23)31-19-17-30(18-20-31)16-15-28-26(32)29-25(21-7-3-1-4-8-21)22-9-5-2-6-10-22/h1-14,25H,15-20H2,(H2,28,29,32). The lowest BCUT2D eigenvalue weighted by Gasteiger charge is -2.36. The van der Waals surface area contributed by atoms with E-state index >= 15 is 0 Å². The van der Waals surface area contributed by atoms with E-state index in [0.717, 1.165) is 49.5 Å². The number of amides is 2. The van der Waals surface area contributed by atoms with Gasteiger partial charge in [-0.3, -0.25) is 4.90 Å². The molecule has 166 valence electrons. The van der Waals surface area contributed by atoms with Crippen LogP contribution in [0.5, 0.6) is 0 Å². The van der Waals surface area contributed by atoms with Gasteiger partial charge in [-0.1, -0.05) is 60.7 Å². The summed E-state index contributed by atoms with van der Waals surface area (Å²) in [6, 6.07) is 26.3. The number of hydrogen-bond acceptors (Lipinski definition) is 3. The fraction of sp³-hybridized carbons (Fsp3) is 0.269. The predicted molar refractivity (Wildman–Crippen MR) is 126 cm³/mol. The van der Waals surface area contributed by atoms with Crippen LogP contribution in [-0.2, 0) is 0 Å². The number of nitrogens with one attached hydrogen (secondary N) is 2. The second-order valence-corrected chi connectivity index (χ2v) is 7.96. The number of piperazine rings is 1. The van der Waals surface area contributed by atoms with Gasteiger partial charge in [0, 0.05) is 45.0 Å². The first-order chi connectivity index (χ1) is 15.7. The molecule has 0 aromatic heterocycles. The molecular formula is C26H29FN4O. The zero-order valence-electron chi connectivity index (χ0n) is 18.1. The summed E-state index contributed by atoms with van der Waals surface area (Å²) in [6.45, 7) is 4.99. The number of carbonyl (C=O) groups is 1. The first-order valence-electron chi connectivity index (χ1n) is 11.1. The average molecular weight is 433 g/mol. The maximum absolute atomic E-state index is 13.1. The summed E-state index contributed by atoms with van der Waals surface area (Å²) < 4.78 is 13.1. The topological polar surface area (TPSA) is 47.6 Å². The summed E-state index contributed by atoms with van der Waals surface area (Å²) in [5, 5.41) is 6.12. The summed E-state index contributed by atoms with van der Waals surface area (Å²) in [4.78, 5) is 17.2. The molecule has 0 unspecified atom stereocenters. The summed E-state index contributed by atoms with van der Waals surface area (Å²) >= 11 is 0. The number of hydrogen-bond donors (Lipinski definition) is 2. The average Bonchev–Trinajstić information content (AvgIpc) is 2.85. The number of rotatable bonds is 7. The maximum atomic E-state index is 13.1. The molecule has 1 aliphatic heterocycles. The van der Waals surface area contributed by atoms with Crippen molar-refractivity contribution in [2.75, 3.05) is 44.2 Å². The number of nitrogens with zero attached hydrogens (tertiary/aromatic N) is 2. The summed E-state index contributed by atoms with van der Waals surface area (Å²) in [5.41, 5.74) is 3.15. The Kier molecular flexibility index (Phi) is 7.35. The van der Waals surface area contributed by atoms with Gasteiger partial charge in [-0.2, -0.15) is 0 Å². The van der Waals surface area contributed by atoms with Gasteiger partial charge < -0.3 is 15.5 Å². The highest BCUT2D eigenvalue weighted by Gasteiger charge is 2.19. The van der Waals surface area contributed by atoms with Gasteiger partial charge in [-0.05, 0) is 35.4 Å². The second-order valence-electron chi connectivity index (χ2n) is 7.96. The van der Waals surface area contributed by atoms with Crippen LogP contribution in [0.3, 0.4) is 0 Å². The Bertz CT molecular complexity index is 934. The van der Waals surface area contributed by atoms with Gasteiger partial charge >= 0.3 is 6.03 Å². The van der Waals surface area contributed by atoms with Crippen LogP contribution in [0, 0.1) is 5.82 Å². The van der Waals surface area contributed by atoms with E-state index in [1.54, 1.807) is 0 Å². The lowest BCUT2D eigenvalue weighted by Crippen LogP contribution is -2.49. The van der Waals surface area contributed by atoms with Crippen molar-refractivity contribution in [1.29, 1.82) is 0 Å². The third-order valence-corrected chi connectivity index (χ3v) is 5.82. The van der Waals surface area contributed by atoms with Gasteiger partial charge in [0.2, 0.25) is 0 Å². The fourth-order valence-corrected chi connectivity index (χ4v) is 4.04. The Balaban J connectivity index is 1.24. The fourth-order valence-electron chi connectivity index (χ4n) is 4.04. The highest BCUT2D eigenvalue weighted by molar-refractivity contribution is 5.75. The number of halogens is 1. The van der Waals surface area contributed by atoms with Crippen molar-refractivity contribution in [2.24, 2.45) is 0 Å². The molecule has 0 bridgehead atoms. The van der Waals surface area contributed by atoms with Crippen molar-refractivity contribution in [3.05, 3.63) is 102 Å². The molecule has 2 N–H and O–H groups in total. The molecule has 0 radical (unpaired) electrons. The molecule has 1 aliphatic rings. The molecule has 1 saturated heterocycles. The Hall–Kier alpha value is -3.38. The van der Waals surface area contributed by atoms with Crippen LogP contribution in [0.15, 0.2) is 84.9 Å². The summed E-state index contributed by atoms with van der Waals surface area (Å²) in [6.07, 6.45) is 0. The third-order valence-electron chi connectivity index (χ3n) is 5.82. The summed E-state index contributed by atoms with van der Waals surface area (Å²) in [5.74, 6) is -0.210. The number of urea groups is 1. The van der Waals surface area contributed by atoms with E-state index in [1.807, 2.05) is 72.8 Å². The van der Waals surface area contributed by atoms with Crippen molar-refractivity contribution >= 4 is 11.7 Å². The van der Waals surface area contributed by atoms with E-state index in [-0.39, 0.29) is 17.9 Å². The lowest BCUT2D eigenvalue weighted by molar-refractivity contribution is 0.230. The molecule has 3 aromatic carbocycles. The predicted octanol–water partition coefficient (Wildman–Crippen LogP) is 4.04. The van der Waals surface area contributed by atoms with Crippen LogP contribution >= 0.6 is 0 Å². The quantitative estimate of drug-likeness (QED) is 0.593. The van der Waals surface area contributed by atoms with Crippen molar-refractivity contribution in [1.82, 2.24) is 15.5 Å². The highest BCUT2D eigenvalue weighted by Crippen LogP contribution is 2.21. The third kappa shape index (κ3) is 5.86. The van der Waals surface area contributed by atoms with Crippen molar-refractivity contribution < 1.29 is 9.18 Å². The van der Waals surface area contributed by atoms with Crippen LogP contribution in [0.2, 0.25) is 0 Å². The van der Waals surface area contributed by atoms with Gasteiger partial charge in [-0.15, -0.1) is 0 Å². The van der Waals surface area contributed by atoms with Gasteiger partial charge in [-0.25, -0.2) is 9.18 Å². The molecule has 3 aromatic rings. The maximum Gasteiger partial charge on any atom is 0.315 e. The lowest BCUT2D eigenvalue weighted by atomic mass is 9.99. The van der Waals surface area contributed by atoms with E-state index in [4.69, 9.17) is 0 Å². The monoisotopic (exact) mass is 432 g/mol.